The number of rotatable bonds is 92. The normalized spacial score (nSPS) is 13.7. The number of hydrogen-bond donors (Lipinski definition) is 3. The van der Waals surface area contributed by atoms with Crippen molar-refractivity contribution in [3.05, 3.63) is 0 Å². The first-order valence-corrected chi connectivity index (χ1v) is 51.0. The van der Waals surface area contributed by atoms with Gasteiger partial charge in [-0.25, -0.2) is 9.13 Å². The Hall–Kier alpha value is -1.94. The molecule has 0 aromatic rings. The topological polar surface area (TPSA) is 237 Å². The summed E-state index contributed by atoms with van der Waals surface area (Å²) in [7, 11) is -9.94. The van der Waals surface area contributed by atoms with E-state index in [1.54, 1.807) is 0 Å². The van der Waals surface area contributed by atoms with Crippen LogP contribution in [0.25, 0.3) is 0 Å². The first-order valence-electron chi connectivity index (χ1n) is 48.0. The molecule has 0 heterocycles. The van der Waals surface area contributed by atoms with Crippen molar-refractivity contribution in [1.82, 2.24) is 0 Å². The molecule has 19 heteroatoms. The molecule has 2 unspecified atom stereocenters. The van der Waals surface area contributed by atoms with Crippen LogP contribution in [0.5, 0.6) is 0 Å². The third kappa shape index (κ3) is 85.9. The minimum atomic E-state index is -4.97. The lowest BCUT2D eigenvalue weighted by molar-refractivity contribution is -0.161. The maximum Gasteiger partial charge on any atom is 0.472 e. The van der Waals surface area contributed by atoms with Crippen LogP contribution in [0.1, 0.15) is 504 Å². The largest absolute Gasteiger partial charge is 0.472 e. The number of unbranched alkanes of at least 4 members (excludes halogenated alkanes) is 62. The van der Waals surface area contributed by atoms with Crippen LogP contribution in [0.4, 0.5) is 0 Å². The Morgan fingerprint density at radius 2 is 0.411 bits per heavy atom. The summed E-state index contributed by atoms with van der Waals surface area (Å²) in [6.45, 7) is 9.72. The van der Waals surface area contributed by atoms with Crippen LogP contribution >= 0.6 is 15.6 Å². The van der Waals surface area contributed by atoms with Crippen molar-refractivity contribution in [2.24, 2.45) is 11.8 Å². The second-order valence-electron chi connectivity index (χ2n) is 34.4. The summed E-state index contributed by atoms with van der Waals surface area (Å²) < 4.78 is 69.1. The van der Waals surface area contributed by atoms with Gasteiger partial charge in [0.15, 0.2) is 12.2 Å². The van der Waals surface area contributed by atoms with E-state index in [4.69, 9.17) is 37.0 Å². The van der Waals surface area contributed by atoms with E-state index in [2.05, 4.69) is 41.5 Å². The highest BCUT2D eigenvalue weighted by Crippen LogP contribution is 2.45. The summed E-state index contributed by atoms with van der Waals surface area (Å²) in [6.07, 6.45) is 79.4. The van der Waals surface area contributed by atoms with Crippen LogP contribution < -0.4 is 0 Å². The molecule has 17 nitrogen and oxygen atoms in total. The smallest absolute Gasteiger partial charge is 0.462 e. The van der Waals surface area contributed by atoms with Crippen molar-refractivity contribution in [1.29, 1.82) is 0 Å². The molecule has 0 aliphatic carbocycles. The van der Waals surface area contributed by atoms with Gasteiger partial charge in [0.25, 0.3) is 0 Å². The zero-order chi connectivity index (χ0) is 82.0. The standard InChI is InChI=1S/C93H182O17P2/c1-7-9-11-13-15-17-19-21-23-25-27-29-30-32-34-38-42-46-52-59-65-71-77-92(97)109-88(81-103-90(95)75-69-63-57-51-45-41-37-33-31-28-26-24-22-20-18-16-14-12-10-8-2)83-107-111(99,100)105-79-87(94)80-106-112(101,102)108-84-89(82-104-91(96)76-70-64-58-54-48-50-56-62-68-74-86(5)6)110-93(98)78-72-66-60-53-47-43-39-35-36-40-44-49-55-61-67-73-85(3)4/h85-89,94H,7-84H2,1-6H3,(H,99,100)(H,101,102)/t87-,88-,89-/m1/s1. The fraction of sp³-hybridized carbons (Fsp3) is 0.957. The van der Waals surface area contributed by atoms with E-state index >= 15 is 0 Å². The summed E-state index contributed by atoms with van der Waals surface area (Å²) in [5.74, 6) is -0.548. The van der Waals surface area contributed by atoms with Gasteiger partial charge in [-0.3, -0.25) is 37.3 Å². The number of carbonyl (C=O) groups excluding carboxylic acids is 4. The second-order valence-corrected chi connectivity index (χ2v) is 37.3. The van der Waals surface area contributed by atoms with Gasteiger partial charge in [0.2, 0.25) is 0 Å². The molecule has 5 atom stereocenters. The molecule has 0 aromatic carbocycles. The lowest BCUT2D eigenvalue weighted by Crippen LogP contribution is -2.30. The minimum absolute atomic E-state index is 0.108. The Bertz CT molecular complexity index is 2130. The van der Waals surface area contributed by atoms with Crippen molar-refractivity contribution < 1.29 is 80.2 Å². The molecule has 0 fully saturated rings. The molecule has 3 N–H and O–H groups in total. The predicted molar refractivity (Wildman–Crippen MR) is 465 cm³/mol. The van der Waals surface area contributed by atoms with E-state index < -0.39 is 97.5 Å². The molecule has 0 spiro atoms. The molecule has 0 saturated heterocycles. The van der Waals surface area contributed by atoms with Crippen LogP contribution in [0, 0.1) is 11.8 Å². The molecule has 0 bridgehead atoms. The molecule has 112 heavy (non-hydrogen) atoms. The predicted octanol–water partition coefficient (Wildman–Crippen LogP) is 29.0. The molecule has 0 aromatic heterocycles. The average molecular weight is 1630 g/mol. The van der Waals surface area contributed by atoms with Gasteiger partial charge in [0, 0.05) is 25.7 Å². The van der Waals surface area contributed by atoms with E-state index in [-0.39, 0.29) is 25.7 Å². The van der Waals surface area contributed by atoms with E-state index in [0.29, 0.717) is 25.7 Å². The summed E-state index contributed by atoms with van der Waals surface area (Å²) in [5.41, 5.74) is 0. The maximum atomic E-state index is 13.2. The molecular weight excluding hydrogens is 1450 g/mol. The number of phosphoric acid groups is 2. The van der Waals surface area contributed by atoms with Crippen molar-refractivity contribution in [3.63, 3.8) is 0 Å². The number of carbonyl (C=O) groups is 4. The van der Waals surface area contributed by atoms with Gasteiger partial charge in [-0.1, -0.05) is 452 Å². The fourth-order valence-electron chi connectivity index (χ4n) is 14.7. The molecule has 0 saturated carbocycles. The van der Waals surface area contributed by atoms with E-state index in [9.17, 15) is 43.2 Å². The van der Waals surface area contributed by atoms with Gasteiger partial charge < -0.3 is 33.8 Å². The van der Waals surface area contributed by atoms with E-state index in [1.165, 1.54) is 321 Å². The highest BCUT2D eigenvalue weighted by molar-refractivity contribution is 7.47. The Morgan fingerprint density at radius 1 is 0.241 bits per heavy atom. The Balaban J connectivity index is 5.24. The van der Waals surface area contributed by atoms with Gasteiger partial charge in [-0.2, -0.15) is 0 Å². The van der Waals surface area contributed by atoms with Crippen LogP contribution in [0.3, 0.4) is 0 Å². The lowest BCUT2D eigenvalue weighted by atomic mass is 10.0. The molecule has 0 amide bonds. The Labute approximate surface area is 689 Å². The van der Waals surface area contributed by atoms with Gasteiger partial charge in [-0.15, -0.1) is 0 Å². The van der Waals surface area contributed by atoms with Gasteiger partial charge in [0.05, 0.1) is 26.4 Å². The fourth-order valence-corrected chi connectivity index (χ4v) is 16.2. The van der Waals surface area contributed by atoms with Crippen LogP contribution in [0.2, 0.25) is 0 Å². The third-order valence-corrected chi connectivity index (χ3v) is 23.9. The molecule has 0 rings (SSSR count). The third-order valence-electron chi connectivity index (χ3n) is 22.0. The summed E-state index contributed by atoms with van der Waals surface area (Å²) in [4.78, 5) is 73.5. The maximum absolute atomic E-state index is 13.2. The van der Waals surface area contributed by atoms with Crippen LogP contribution in [0.15, 0.2) is 0 Å². The average Bonchev–Trinajstić information content (AvgIpc) is 0.897. The number of phosphoric ester groups is 2. The molecule has 0 radical (unpaired) electrons. The highest BCUT2D eigenvalue weighted by Gasteiger charge is 2.31. The van der Waals surface area contributed by atoms with E-state index in [1.807, 2.05) is 0 Å². The number of esters is 4. The minimum Gasteiger partial charge on any atom is -0.462 e. The quantitative estimate of drug-likeness (QED) is 0.0222. The van der Waals surface area contributed by atoms with Crippen molar-refractivity contribution in [2.75, 3.05) is 39.6 Å². The first kappa shape index (κ1) is 110. The lowest BCUT2D eigenvalue weighted by Gasteiger charge is -2.21. The zero-order valence-electron chi connectivity index (χ0n) is 74.0. The van der Waals surface area contributed by atoms with Crippen molar-refractivity contribution in [2.45, 2.75) is 522 Å². The summed E-state index contributed by atoms with van der Waals surface area (Å²) in [5, 5.41) is 10.7. The van der Waals surface area contributed by atoms with Crippen molar-refractivity contribution in [3.8, 4) is 0 Å². The van der Waals surface area contributed by atoms with Crippen LogP contribution in [-0.4, -0.2) is 96.7 Å². The number of aliphatic hydroxyl groups is 1. The molecule has 0 aliphatic heterocycles. The number of aliphatic hydroxyl groups excluding tert-OH is 1. The molecular formula is C93H182O17P2. The highest BCUT2D eigenvalue weighted by atomic mass is 31.2. The van der Waals surface area contributed by atoms with Crippen LogP contribution in [-0.2, 0) is 65.4 Å². The monoisotopic (exact) mass is 1630 g/mol. The summed E-state index contributed by atoms with van der Waals surface area (Å²) >= 11 is 0. The Morgan fingerprint density at radius 3 is 0.607 bits per heavy atom. The van der Waals surface area contributed by atoms with Gasteiger partial charge >= 0.3 is 39.5 Å². The molecule has 666 valence electrons. The zero-order valence-corrected chi connectivity index (χ0v) is 75.8. The molecule has 0 aliphatic rings. The number of hydrogen-bond acceptors (Lipinski definition) is 15. The van der Waals surface area contributed by atoms with E-state index in [0.717, 1.165) is 102 Å². The Kier molecular flexibility index (Phi) is 82.6. The summed E-state index contributed by atoms with van der Waals surface area (Å²) in [6, 6.07) is 0. The van der Waals surface area contributed by atoms with Crippen molar-refractivity contribution >= 4 is 39.5 Å². The SMILES string of the molecule is CCCCCCCCCCCCCCCCCCCCCCCCC(=O)O[C@H](COC(=O)CCCCCCCCCCCCCCCCCCCCCC)COP(=O)(O)OC[C@@H](O)COP(=O)(O)OC[C@@H](COC(=O)CCCCCCCCCCCC(C)C)OC(=O)CCCCCCCCCCCCCCCCCC(C)C. The number of ether oxygens (including phenoxy) is 4. The first-order chi connectivity index (χ1) is 54.4. The van der Waals surface area contributed by atoms with Gasteiger partial charge in [-0.05, 0) is 37.5 Å². The van der Waals surface area contributed by atoms with Gasteiger partial charge in [0.1, 0.15) is 19.3 Å². The second kappa shape index (κ2) is 84.1.